The first-order valence-corrected chi connectivity index (χ1v) is 5.81. The average Bonchev–Trinajstić information content (AvgIpc) is 2.38. The number of rotatable bonds is 3. The van der Waals surface area contributed by atoms with Crippen LogP contribution in [0.15, 0.2) is 42.5 Å². The lowest BCUT2D eigenvalue weighted by molar-refractivity contribution is 0.0999. The van der Waals surface area contributed by atoms with Crippen LogP contribution in [0.5, 0.6) is 0 Å². The summed E-state index contributed by atoms with van der Waals surface area (Å²) in [5.41, 5.74) is 7.60. The van der Waals surface area contributed by atoms with Gasteiger partial charge in [0.25, 0.3) is 0 Å². The molecule has 0 radical (unpaired) electrons. The van der Waals surface area contributed by atoms with Crippen molar-refractivity contribution in [3.05, 3.63) is 59.4 Å². The summed E-state index contributed by atoms with van der Waals surface area (Å²) in [6.45, 7) is 1.88. The summed E-state index contributed by atoms with van der Waals surface area (Å²) in [6.07, 6.45) is 0.556. The molecule has 0 fully saturated rings. The molecule has 2 aromatic carbocycles. The van der Waals surface area contributed by atoms with E-state index < -0.39 is 5.91 Å². The molecule has 3 heteroatoms. The van der Waals surface area contributed by atoms with E-state index in [1.165, 1.54) is 12.1 Å². The summed E-state index contributed by atoms with van der Waals surface area (Å²) >= 11 is 0. The lowest BCUT2D eigenvalue weighted by Crippen LogP contribution is -2.14. The highest BCUT2D eigenvalue weighted by Gasteiger charge is 2.16. The van der Waals surface area contributed by atoms with E-state index in [0.717, 1.165) is 5.56 Å². The van der Waals surface area contributed by atoms with Crippen molar-refractivity contribution in [2.75, 3.05) is 0 Å². The monoisotopic (exact) mass is 243 g/mol. The third kappa shape index (κ3) is 2.12. The molecule has 0 saturated heterocycles. The van der Waals surface area contributed by atoms with Gasteiger partial charge >= 0.3 is 0 Å². The van der Waals surface area contributed by atoms with Crippen LogP contribution in [0.3, 0.4) is 0 Å². The van der Waals surface area contributed by atoms with E-state index in [-0.39, 0.29) is 5.82 Å². The van der Waals surface area contributed by atoms with Crippen molar-refractivity contribution in [1.82, 2.24) is 0 Å². The van der Waals surface area contributed by atoms with Crippen molar-refractivity contribution < 1.29 is 9.18 Å². The van der Waals surface area contributed by atoms with E-state index in [0.29, 0.717) is 23.1 Å². The number of carbonyl (C=O) groups is 1. The fourth-order valence-corrected chi connectivity index (χ4v) is 2.13. The van der Waals surface area contributed by atoms with Crippen molar-refractivity contribution in [3.8, 4) is 11.1 Å². The fraction of sp³-hybridized carbons (Fsp3) is 0.133. The Morgan fingerprint density at radius 2 is 1.83 bits per heavy atom. The SMILES string of the molecule is CCc1c(C(N)=O)ccc(F)c1-c1ccccc1. The van der Waals surface area contributed by atoms with Crippen LogP contribution in [-0.2, 0) is 6.42 Å². The third-order valence-corrected chi connectivity index (χ3v) is 2.94. The van der Waals surface area contributed by atoms with E-state index >= 15 is 0 Å². The van der Waals surface area contributed by atoms with Crippen molar-refractivity contribution >= 4 is 5.91 Å². The van der Waals surface area contributed by atoms with Gasteiger partial charge in [0.2, 0.25) is 5.91 Å². The molecule has 0 bridgehead atoms. The minimum atomic E-state index is -0.524. The van der Waals surface area contributed by atoms with Gasteiger partial charge in [-0.2, -0.15) is 0 Å². The number of hydrogen-bond acceptors (Lipinski definition) is 1. The fourth-order valence-electron chi connectivity index (χ4n) is 2.13. The molecular weight excluding hydrogens is 229 g/mol. The highest BCUT2D eigenvalue weighted by atomic mass is 19.1. The summed E-state index contributed by atoms with van der Waals surface area (Å²) in [7, 11) is 0. The Kier molecular flexibility index (Phi) is 3.42. The molecule has 0 aliphatic rings. The van der Waals surface area contributed by atoms with Crippen LogP contribution >= 0.6 is 0 Å². The molecule has 0 saturated carbocycles. The maximum atomic E-state index is 14.0. The van der Waals surface area contributed by atoms with Gasteiger partial charge < -0.3 is 5.73 Å². The summed E-state index contributed by atoms with van der Waals surface area (Å²) < 4.78 is 14.0. The van der Waals surface area contributed by atoms with E-state index in [1.54, 1.807) is 0 Å². The van der Waals surface area contributed by atoms with Gasteiger partial charge in [0.15, 0.2) is 0 Å². The van der Waals surface area contributed by atoms with E-state index in [1.807, 2.05) is 37.3 Å². The van der Waals surface area contributed by atoms with Gasteiger partial charge in [0.05, 0.1) is 0 Å². The first-order valence-electron chi connectivity index (χ1n) is 5.81. The second kappa shape index (κ2) is 5.00. The zero-order valence-electron chi connectivity index (χ0n) is 10.1. The van der Waals surface area contributed by atoms with Crippen LogP contribution < -0.4 is 5.73 Å². The smallest absolute Gasteiger partial charge is 0.249 e. The Balaban J connectivity index is 2.73. The first kappa shape index (κ1) is 12.3. The Morgan fingerprint density at radius 3 is 2.39 bits per heavy atom. The van der Waals surface area contributed by atoms with Crippen LogP contribution in [-0.4, -0.2) is 5.91 Å². The summed E-state index contributed by atoms with van der Waals surface area (Å²) in [6, 6.07) is 11.9. The Hall–Kier alpha value is -2.16. The highest BCUT2D eigenvalue weighted by molar-refractivity contribution is 5.96. The van der Waals surface area contributed by atoms with Gasteiger partial charge in [-0.3, -0.25) is 4.79 Å². The summed E-state index contributed by atoms with van der Waals surface area (Å²) in [5, 5.41) is 0. The Bertz CT molecular complexity index is 579. The van der Waals surface area contributed by atoms with E-state index in [4.69, 9.17) is 5.73 Å². The predicted molar refractivity (Wildman–Crippen MR) is 69.7 cm³/mol. The molecule has 2 aromatic rings. The van der Waals surface area contributed by atoms with Gasteiger partial charge in [-0.1, -0.05) is 37.3 Å². The zero-order valence-corrected chi connectivity index (χ0v) is 10.1. The molecule has 2 rings (SSSR count). The van der Waals surface area contributed by atoms with Crippen LogP contribution in [0.1, 0.15) is 22.8 Å². The lowest BCUT2D eigenvalue weighted by atomic mass is 9.93. The molecule has 0 aromatic heterocycles. The number of amides is 1. The quantitative estimate of drug-likeness (QED) is 0.884. The van der Waals surface area contributed by atoms with Crippen molar-refractivity contribution in [2.45, 2.75) is 13.3 Å². The maximum Gasteiger partial charge on any atom is 0.249 e. The van der Waals surface area contributed by atoms with Crippen molar-refractivity contribution in [1.29, 1.82) is 0 Å². The van der Waals surface area contributed by atoms with Crippen molar-refractivity contribution in [2.24, 2.45) is 5.73 Å². The molecule has 92 valence electrons. The number of nitrogens with two attached hydrogens (primary N) is 1. The molecule has 18 heavy (non-hydrogen) atoms. The van der Waals surface area contributed by atoms with Gasteiger partial charge in [-0.05, 0) is 29.7 Å². The van der Waals surface area contributed by atoms with Gasteiger partial charge in [0.1, 0.15) is 5.82 Å². The number of carbonyl (C=O) groups excluding carboxylic acids is 1. The first-order chi connectivity index (χ1) is 8.65. The topological polar surface area (TPSA) is 43.1 Å². The molecule has 2 N–H and O–H groups in total. The zero-order chi connectivity index (χ0) is 13.1. The largest absolute Gasteiger partial charge is 0.366 e. The maximum absolute atomic E-state index is 14.0. The lowest BCUT2D eigenvalue weighted by Gasteiger charge is -2.13. The molecule has 0 heterocycles. The number of primary amides is 1. The Morgan fingerprint density at radius 1 is 1.17 bits per heavy atom. The summed E-state index contributed by atoms with van der Waals surface area (Å²) in [4.78, 5) is 11.4. The van der Waals surface area contributed by atoms with Gasteiger partial charge in [-0.15, -0.1) is 0 Å². The van der Waals surface area contributed by atoms with Crippen LogP contribution in [0.4, 0.5) is 4.39 Å². The molecule has 0 unspecified atom stereocenters. The molecule has 0 aliphatic heterocycles. The van der Waals surface area contributed by atoms with Gasteiger partial charge in [0, 0.05) is 11.1 Å². The van der Waals surface area contributed by atoms with Crippen molar-refractivity contribution in [3.63, 3.8) is 0 Å². The second-order valence-electron chi connectivity index (χ2n) is 4.03. The minimum absolute atomic E-state index is 0.331. The van der Waals surface area contributed by atoms with E-state index in [2.05, 4.69) is 0 Å². The molecule has 0 atom stereocenters. The average molecular weight is 243 g/mol. The predicted octanol–water partition coefficient (Wildman–Crippen LogP) is 3.15. The number of benzene rings is 2. The molecule has 1 amide bonds. The van der Waals surface area contributed by atoms with E-state index in [9.17, 15) is 9.18 Å². The highest BCUT2D eigenvalue weighted by Crippen LogP contribution is 2.29. The van der Waals surface area contributed by atoms with Crippen LogP contribution in [0.25, 0.3) is 11.1 Å². The summed E-state index contributed by atoms with van der Waals surface area (Å²) in [5.74, 6) is -0.855. The minimum Gasteiger partial charge on any atom is -0.366 e. The molecule has 2 nitrogen and oxygen atoms in total. The second-order valence-corrected chi connectivity index (χ2v) is 4.03. The standard InChI is InChI=1S/C15H14FNO/c1-2-11-12(15(17)18)8-9-13(16)14(11)10-6-4-3-5-7-10/h3-9H,2H2,1H3,(H2,17,18). The molecule has 0 spiro atoms. The number of halogens is 1. The molecular formula is C15H14FNO. The third-order valence-electron chi connectivity index (χ3n) is 2.94. The molecule has 0 aliphatic carbocycles. The Labute approximate surface area is 105 Å². The van der Waals surface area contributed by atoms with Crippen LogP contribution in [0, 0.1) is 5.82 Å². The normalized spacial score (nSPS) is 10.3. The van der Waals surface area contributed by atoms with Crippen LogP contribution in [0.2, 0.25) is 0 Å². The number of hydrogen-bond donors (Lipinski definition) is 1. The van der Waals surface area contributed by atoms with Gasteiger partial charge in [-0.25, -0.2) is 4.39 Å².